The Morgan fingerprint density at radius 2 is 1.80 bits per heavy atom. The smallest absolute Gasteiger partial charge is 0.345 e. The fraction of sp³-hybridized carbons (Fsp3) is 0.438. The number of rotatable bonds is 6. The number of hydrogen-bond acceptors (Lipinski definition) is 3. The minimum atomic E-state index is -0.833. The van der Waals surface area contributed by atoms with Gasteiger partial charge in [0.25, 0.3) is 0 Å². The van der Waals surface area contributed by atoms with Gasteiger partial charge in [-0.1, -0.05) is 20.3 Å². The van der Waals surface area contributed by atoms with Crippen LogP contribution in [0, 0.1) is 0 Å². The van der Waals surface area contributed by atoms with Crippen LogP contribution in [-0.2, 0) is 11.8 Å². The van der Waals surface area contributed by atoms with E-state index in [-0.39, 0.29) is 5.41 Å². The Kier molecular flexibility index (Phi) is 4.66. The lowest BCUT2D eigenvalue weighted by Crippen LogP contribution is -2.20. The summed E-state index contributed by atoms with van der Waals surface area (Å²) in [6, 6.07) is 8.11. The molecule has 2 aromatic rings. The molecular weight excluding hydrogens is 288 g/mol. The maximum atomic E-state index is 11.1. The highest BCUT2D eigenvalue weighted by Crippen LogP contribution is 2.43. The van der Waals surface area contributed by atoms with Crippen LogP contribution >= 0.6 is 22.7 Å². The van der Waals surface area contributed by atoms with Gasteiger partial charge in [0.2, 0.25) is 0 Å². The summed E-state index contributed by atoms with van der Waals surface area (Å²) in [5, 5.41) is 9.12. The number of aryl methyl sites for hydroxylation is 1. The van der Waals surface area contributed by atoms with Crippen molar-refractivity contribution >= 4 is 28.6 Å². The fourth-order valence-electron chi connectivity index (χ4n) is 2.48. The number of carbonyl (C=O) groups is 1. The van der Waals surface area contributed by atoms with Crippen molar-refractivity contribution in [1.82, 2.24) is 0 Å². The summed E-state index contributed by atoms with van der Waals surface area (Å²) >= 11 is 3.26. The molecule has 0 saturated carbocycles. The normalized spacial score (nSPS) is 14.2. The first-order chi connectivity index (χ1) is 9.51. The molecule has 0 amide bonds. The summed E-state index contributed by atoms with van der Waals surface area (Å²) in [7, 11) is 0. The highest BCUT2D eigenvalue weighted by Gasteiger charge is 2.31. The second-order valence-electron chi connectivity index (χ2n) is 5.17. The molecule has 1 atom stereocenters. The second-order valence-corrected chi connectivity index (χ2v) is 7.42. The first kappa shape index (κ1) is 15.3. The van der Waals surface area contributed by atoms with Crippen molar-refractivity contribution in [3.05, 3.63) is 43.8 Å². The van der Waals surface area contributed by atoms with Crippen molar-refractivity contribution in [3.8, 4) is 0 Å². The van der Waals surface area contributed by atoms with Gasteiger partial charge in [-0.15, -0.1) is 22.7 Å². The zero-order valence-corrected chi connectivity index (χ0v) is 13.7. The van der Waals surface area contributed by atoms with Crippen molar-refractivity contribution in [3.63, 3.8) is 0 Å². The highest BCUT2D eigenvalue weighted by molar-refractivity contribution is 7.15. The Balaban J connectivity index is 2.44. The van der Waals surface area contributed by atoms with E-state index < -0.39 is 5.97 Å². The number of hydrogen-bond donors (Lipinski definition) is 1. The molecular formula is C16H20O2S2. The largest absolute Gasteiger partial charge is 0.477 e. The molecule has 0 aliphatic rings. The summed E-state index contributed by atoms with van der Waals surface area (Å²) in [4.78, 5) is 15.4. The third kappa shape index (κ3) is 2.81. The van der Waals surface area contributed by atoms with E-state index in [0.29, 0.717) is 4.88 Å². The maximum Gasteiger partial charge on any atom is 0.345 e. The van der Waals surface area contributed by atoms with Crippen molar-refractivity contribution in [2.75, 3.05) is 0 Å². The lowest BCUT2D eigenvalue weighted by Gasteiger charge is -2.27. The molecule has 2 heterocycles. The SMILES string of the molecule is CCCC(C)(c1ccc(CC)s1)c1ccc(C(=O)O)s1. The quantitative estimate of drug-likeness (QED) is 0.798. The van der Waals surface area contributed by atoms with E-state index in [2.05, 4.69) is 32.9 Å². The van der Waals surface area contributed by atoms with Gasteiger partial charge in [0, 0.05) is 20.0 Å². The van der Waals surface area contributed by atoms with E-state index in [0.717, 1.165) is 24.1 Å². The molecule has 0 fully saturated rings. The van der Waals surface area contributed by atoms with E-state index >= 15 is 0 Å². The molecule has 1 unspecified atom stereocenters. The fourth-order valence-corrected chi connectivity index (χ4v) is 4.72. The molecule has 2 nitrogen and oxygen atoms in total. The summed E-state index contributed by atoms with van der Waals surface area (Å²) in [5.41, 5.74) is -0.0643. The first-order valence-electron chi connectivity index (χ1n) is 6.94. The van der Waals surface area contributed by atoms with Crippen LogP contribution in [-0.4, -0.2) is 11.1 Å². The van der Waals surface area contributed by atoms with Gasteiger partial charge in [0.05, 0.1) is 0 Å². The van der Waals surface area contributed by atoms with Gasteiger partial charge in [-0.05, 0) is 44.0 Å². The van der Waals surface area contributed by atoms with Crippen LogP contribution in [0.3, 0.4) is 0 Å². The molecule has 0 spiro atoms. The van der Waals surface area contributed by atoms with Gasteiger partial charge in [-0.3, -0.25) is 0 Å². The Hall–Kier alpha value is -1.13. The lowest BCUT2D eigenvalue weighted by molar-refractivity contribution is 0.0702. The van der Waals surface area contributed by atoms with E-state index in [9.17, 15) is 4.79 Å². The molecule has 0 radical (unpaired) electrons. The van der Waals surface area contributed by atoms with Crippen LogP contribution in [0.5, 0.6) is 0 Å². The molecule has 1 N–H and O–H groups in total. The number of thiophene rings is 2. The molecule has 0 aromatic carbocycles. The highest BCUT2D eigenvalue weighted by atomic mass is 32.1. The van der Waals surface area contributed by atoms with Crippen LogP contribution in [0.4, 0.5) is 0 Å². The van der Waals surface area contributed by atoms with E-state index in [1.165, 1.54) is 21.1 Å². The summed E-state index contributed by atoms with van der Waals surface area (Å²) in [5.74, 6) is -0.833. The lowest BCUT2D eigenvalue weighted by atomic mass is 9.82. The Labute approximate surface area is 128 Å². The molecule has 20 heavy (non-hydrogen) atoms. The van der Waals surface area contributed by atoms with Crippen LogP contribution in [0.2, 0.25) is 0 Å². The molecule has 0 saturated heterocycles. The minimum absolute atomic E-state index is 0.0643. The van der Waals surface area contributed by atoms with Crippen molar-refractivity contribution in [2.24, 2.45) is 0 Å². The van der Waals surface area contributed by atoms with E-state index in [1.54, 1.807) is 6.07 Å². The number of carboxylic acid groups (broad SMARTS) is 1. The molecule has 0 aliphatic heterocycles. The second kappa shape index (κ2) is 6.10. The van der Waals surface area contributed by atoms with Crippen molar-refractivity contribution < 1.29 is 9.90 Å². The monoisotopic (exact) mass is 308 g/mol. The van der Waals surface area contributed by atoms with Gasteiger partial charge in [-0.2, -0.15) is 0 Å². The minimum Gasteiger partial charge on any atom is -0.477 e. The molecule has 108 valence electrons. The summed E-state index contributed by atoms with van der Waals surface area (Å²) in [6.07, 6.45) is 3.17. The van der Waals surface area contributed by atoms with Crippen LogP contribution in [0.15, 0.2) is 24.3 Å². The van der Waals surface area contributed by atoms with Crippen LogP contribution in [0.25, 0.3) is 0 Å². The van der Waals surface area contributed by atoms with Crippen molar-refractivity contribution in [1.29, 1.82) is 0 Å². The predicted molar refractivity (Wildman–Crippen MR) is 86.3 cm³/mol. The van der Waals surface area contributed by atoms with Crippen LogP contribution < -0.4 is 0 Å². The van der Waals surface area contributed by atoms with Gasteiger partial charge < -0.3 is 5.11 Å². The van der Waals surface area contributed by atoms with Gasteiger partial charge in [0.15, 0.2) is 0 Å². The molecule has 0 bridgehead atoms. The first-order valence-corrected chi connectivity index (χ1v) is 8.57. The topological polar surface area (TPSA) is 37.3 Å². The molecule has 4 heteroatoms. The molecule has 2 aromatic heterocycles. The average molecular weight is 308 g/mol. The Morgan fingerprint density at radius 3 is 2.30 bits per heavy atom. The third-order valence-electron chi connectivity index (χ3n) is 3.66. The number of carboxylic acids is 1. The standard InChI is InChI=1S/C16H20O2S2/c1-4-10-16(3,13-8-6-11(5-2)19-13)14-9-7-12(20-14)15(17)18/h6-9H,4-5,10H2,1-3H3,(H,17,18). The van der Waals surface area contributed by atoms with E-state index in [4.69, 9.17) is 5.11 Å². The van der Waals surface area contributed by atoms with Crippen molar-refractivity contribution in [2.45, 2.75) is 45.4 Å². The zero-order valence-electron chi connectivity index (χ0n) is 12.1. The Morgan fingerprint density at radius 1 is 1.15 bits per heavy atom. The van der Waals surface area contributed by atoms with Crippen LogP contribution in [0.1, 0.15) is 57.9 Å². The third-order valence-corrected chi connectivity index (χ3v) is 6.50. The predicted octanol–water partition coefficient (Wildman–Crippen LogP) is 5.18. The zero-order chi connectivity index (χ0) is 14.8. The van der Waals surface area contributed by atoms with Gasteiger partial charge in [-0.25, -0.2) is 4.79 Å². The Bertz CT molecular complexity index is 597. The number of aromatic carboxylic acids is 1. The average Bonchev–Trinajstić information content (AvgIpc) is 3.08. The molecule has 2 rings (SSSR count). The van der Waals surface area contributed by atoms with Gasteiger partial charge >= 0.3 is 5.97 Å². The van der Waals surface area contributed by atoms with Gasteiger partial charge in [0.1, 0.15) is 4.88 Å². The summed E-state index contributed by atoms with van der Waals surface area (Å²) < 4.78 is 0. The maximum absolute atomic E-state index is 11.1. The van der Waals surface area contributed by atoms with E-state index in [1.807, 2.05) is 17.4 Å². The molecule has 0 aliphatic carbocycles. The summed E-state index contributed by atoms with van der Waals surface area (Å²) in [6.45, 7) is 6.58.